The van der Waals surface area contributed by atoms with Crippen LogP contribution in [-0.4, -0.2) is 53.3 Å². The largest absolute Gasteiger partial charge is 0.497 e. The summed E-state index contributed by atoms with van der Waals surface area (Å²) >= 11 is 0. The first kappa shape index (κ1) is 23.3. The van der Waals surface area contributed by atoms with Crippen LogP contribution in [0.25, 0.3) is 0 Å². The van der Waals surface area contributed by atoms with Gasteiger partial charge in [-0.15, -0.1) is 0 Å². The van der Waals surface area contributed by atoms with Crippen molar-refractivity contribution in [3.8, 4) is 5.75 Å². The predicted octanol–water partition coefficient (Wildman–Crippen LogP) is 4.70. The maximum atomic E-state index is 14.9. The quantitative estimate of drug-likeness (QED) is 0.605. The first-order chi connectivity index (χ1) is 13.0. The fourth-order valence-corrected chi connectivity index (χ4v) is 4.33. The van der Waals surface area contributed by atoms with Gasteiger partial charge in [-0.2, -0.15) is 0 Å². The number of hydrogen-bond acceptors (Lipinski definition) is 5. The lowest BCUT2D eigenvalue weighted by Gasteiger charge is -2.47. The molecule has 1 aliphatic heterocycles. The summed E-state index contributed by atoms with van der Waals surface area (Å²) in [5, 5.41) is -0.0147. The lowest BCUT2D eigenvalue weighted by molar-refractivity contribution is -0.268. The van der Waals surface area contributed by atoms with Gasteiger partial charge in [0.25, 0.3) is 0 Å². The van der Waals surface area contributed by atoms with Gasteiger partial charge in [-0.1, -0.05) is 32.9 Å². The number of rotatable bonds is 7. The van der Waals surface area contributed by atoms with E-state index in [4.69, 9.17) is 23.4 Å². The third kappa shape index (κ3) is 5.33. The van der Waals surface area contributed by atoms with Crippen molar-refractivity contribution in [3.05, 3.63) is 29.8 Å². The normalized spacial score (nSPS) is 29.0. The molecule has 28 heavy (non-hydrogen) atoms. The van der Waals surface area contributed by atoms with Gasteiger partial charge in [0.05, 0.1) is 19.8 Å². The first-order valence-corrected chi connectivity index (χ1v) is 12.7. The minimum Gasteiger partial charge on any atom is -0.497 e. The second kappa shape index (κ2) is 9.22. The van der Waals surface area contributed by atoms with Gasteiger partial charge in [0.2, 0.25) is 6.36 Å². The molecule has 0 spiro atoms. The zero-order valence-electron chi connectivity index (χ0n) is 18.3. The van der Waals surface area contributed by atoms with Crippen LogP contribution in [0.15, 0.2) is 24.3 Å². The van der Waals surface area contributed by atoms with E-state index < -0.39 is 39.1 Å². The Morgan fingerprint density at radius 1 is 1.04 bits per heavy atom. The summed E-state index contributed by atoms with van der Waals surface area (Å²) in [7, 11) is 1.05. The van der Waals surface area contributed by atoms with E-state index in [1.807, 2.05) is 31.2 Å². The van der Waals surface area contributed by atoms with Crippen molar-refractivity contribution in [2.24, 2.45) is 0 Å². The van der Waals surface area contributed by atoms with E-state index in [1.54, 1.807) is 14.2 Å². The second-order valence-corrected chi connectivity index (χ2v) is 13.6. The molecule has 0 N–H and O–H groups in total. The van der Waals surface area contributed by atoms with Crippen molar-refractivity contribution in [1.29, 1.82) is 0 Å². The molecule has 160 valence electrons. The highest BCUT2D eigenvalue weighted by Crippen LogP contribution is 2.40. The Morgan fingerprint density at radius 2 is 1.64 bits per heavy atom. The molecule has 1 aromatic rings. The lowest BCUT2D eigenvalue weighted by Crippen LogP contribution is -2.61. The van der Waals surface area contributed by atoms with E-state index in [2.05, 4.69) is 33.9 Å². The van der Waals surface area contributed by atoms with Crippen LogP contribution in [0.5, 0.6) is 5.75 Å². The number of methoxy groups -OCH3 is 2. The molecule has 5 nitrogen and oxygen atoms in total. The van der Waals surface area contributed by atoms with E-state index >= 15 is 0 Å². The van der Waals surface area contributed by atoms with E-state index in [0.717, 1.165) is 11.3 Å². The second-order valence-electron chi connectivity index (χ2n) is 8.86. The Balaban J connectivity index is 2.20. The van der Waals surface area contributed by atoms with Crippen molar-refractivity contribution in [3.63, 3.8) is 0 Å². The molecule has 0 bridgehead atoms. The molecule has 0 aromatic heterocycles. The number of benzene rings is 1. The number of hydrogen-bond donors (Lipinski definition) is 0. The molecule has 0 amide bonds. The minimum absolute atomic E-state index is 0.0147. The highest BCUT2D eigenvalue weighted by atomic mass is 28.4. The Bertz CT molecular complexity index is 616. The monoisotopic (exact) mass is 414 g/mol. The topological polar surface area (TPSA) is 46.2 Å². The van der Waals surface area contributed by atoms with Crippen LogP contribution >= 0.6 is 0 Å². The van der Waals surface area contributed by atoms with Crippen molar-refractivity contribution in [1.82, 2.24) is 0 Å². The minimum atomic E-state index is -2.17. The molecule has 1 fully saturated rings. The molecular weight excluding hydrogens is 379 g/mol. The van der Waals surface area contributed by atoms with Gasteiger partial charge in [0, 0.05) is 7.11 Å². The molecule has 1 aliphatic rings. The summed E-state index contributed by atoms with van der Waals surface area (Å²) in [4.78, 5) is 0. The van der Waals surface area contributed by atoms with Gasteiger partial charge in [-0.3, -0.25) is 0 Å². The van der Waals surface area contributed by atoms with Crippen molar-refractivity contribution in [2.45, 2.75) is 83.2 Å². The first-order valence-electron chi connectivity index (χ1n) is 9.75. The van der Waals surface area contributed by atoms with Crippen molar-refractivity contribution >= 4 is 8.32 Å². The Labute approximate surface area is 169 Å². The number of halogens is 1. The maximum absolute atomic E-state index is 14.9. The molecular formula is C21H35FO5Si. The van der Waals surface area contributed by atoms with E-state index in [9.17, 15) is 4.39 Å². The van der Waals surface area contributed by atoms with E-state index in [-0.39, 0.29) is 11.6 Å². The van der Waals surface area contributed by atoms with E-state index in [1.165, 1.54) is 0 Å². The third-order valence-electron chi connectivity index (χ3n) is 5.82. The van der Waals surface area contributed by atoms with Gasteiger partial charge >= 0.3 is 0 Å². The van der Waals surface area contributed by atoms with Crippen LogP contribution in [0.3, 0.4) is 0 Å². The lowest BCUT2D eigenvalue weighted by atomic mass is 10.00. The zero-order chi connectivity index (χ0) is 21.1. The Morgan fingerprint density at radius 3 is 2.14 bits per heavy atom. The molecule has 0 saturated carbocycles. The average molecular weight is 415 g/mol. The van der Waals surface area contributed by atoms with Crippen molar-refractivity contribution in [2.75, 3.05) is 14.2 Å². The van der Waals surface area contributed by atoms with Crippen LogP contribution in [0.1, 0.15) is 33.3 Å². The van der Waals surface area contributed by atoms with Crippen LogP contribution < -0.4 is 4.74 Å². The predicted molar refractivity (Wildman–Crippen MR) is 110 cm³/mol. The summed E-state index contributed by atoms with van der Waals surface area (Å²) < 4.78 is 43.7. The summed E-state index contributed by atoms with van der Waals surface area (Å²) in [5.74, 6) is 0.764. The molecule has 1 saturated heterocycles. The fraction of sp³-hybridized carbons (Fsp3) is 0.714. The number of ether oxygens (including phenoxy) is 4. The molecule has 0 aliphatic carbocycles. The molecule has 2 rings (SSSR count). The van der Waals surface area contributed by atoms with Gasteiger partial charge in [0.15, 0.2) is 8.32 Å². The van der Waals surface area contributed by atoms with Gasteiger partial charge in [0.1, 0.15) is 24.1 Å². The highest BCUT2D eigenvalue weighted by molar-refractivity contribution is 6.74. The smallest absolute Gasteiger partial charge is 0.228 e. The third-order valence-corrected chi connectivity index (χ3v) is 10.3. The van der Waals surface area contributed by atoms with Gasteiger partial charge in [-0.05, 0) is 42.8 Å². The van der Waals surface area contributed by atoms with E-state index in [0.29, 0.717) is 0 Å². The SMILES string of the molecule is COc1ccc(CO[C@H]2[C@H](O[Si](C)(C)C(C)(C)C)[C@H](OC)[C@@H](C)O[C@H]2F)cc1. The van der Waals surface area contributed by atoms with Gasteiger partial charge < -0.3 is 23.4 Å². The summed E-state index contributed by atoms with van der Waals surface area (Å²) in [6, 6.07) is 7.51. The maximum Gasteiger partial charge on any atom is 0.228 e. The van der Waals surface area contributed by atoms with Gasteiger partial charge in [-0.25, -0.2) is 4.39 Å². The Hall–Kier alpha value is -0.993. The fourth-order valence-electron chi connectivity index (χ4n) is 3.02. The summed E-state index contributed by atoms with van der Waals surface area (Å²) in [5.41, 5.74) is 0.923. The molecule has 0 unspecified atom stereocenters. The molecule has 1 heterocycles. The summed E-state index contributed by atoms with van der Waals surface area (Å²) in [6.07, 6.45) is -3.80. The number of alkyl halides is 1. The molecule has 0 radical (unpaired) electrons. The van der Waals surface area contributed by atoms with Crippen molar-refractivity contribution < 1.29 is 27.8 Å². The average Bonchev–Trinajstić information content (AvgIpc) is 2.60. The van der Waals surface area contributed by atoms with Crippen LogP contribution in [0.4, 0.5) is 4.39 Å². The Kier molecular flexibility index (Phi) is 7.67. The molecule has 1 aromatic carbocycles. The molecule has 5 atom stereocenters. The van der Waals surface area contributed by atoms with Crippen LogP contribution in [0.2, 0.25) is 18.1 Å². The standard InChI is InChI=1S/C21H35FO5Si/c1-14-17(24-6)18(27-28(7,8)21(2,3)4)19(20(22)26-14)25-13-15-9-11-16(23-5)12-10-15/h9-12,14,17-20H,13H2,1-8H3/t14-,17-,18-,19+,20-/m1/s1. The summed E-state index contributed by atoms with van der Waals surface area (Å²) in [6.45, 7) is 12.8. The van der Waals surface area contributed by atoms with Crippen LogP contribution in [-0.2, 0) is 25.2 Å². The zero-order valence-corrected chi connectivity index (χ0v) is 19.3. The molecule has 7 heteroatoms. The van der Waals surface area contributed by atoms with Crippen LogP contribution in [0, 0.1) is 0 Å². The highest BCUT2D eigenvalue weighted by Gasteiger charge is 2.50.